The normalized spacial score (nSPS) is 14.0. The van der Waals surface area contributed by atoms with Crippen LogP contribution in [0.25, 0.3) is 66.4 Å². The van der Waals surface area contributed by atoms with Crippen molar-refractivity contribution in [2.24, 2.45) is 0 Å². The fraction of sp³-hybridized carbons (Fsp3) is 0.0588. The third kappa shape index (κ3) is 4.34. The quantitative estimate of drug-likeness (QED) is 0.183. The minimum absolute atomic E-state index is 0.0809. The molecule has 1 aliphatic carbocycles. The molecule has 0 amide bonds. The molecule has 0 spiro atoms. The first kappa shape index (κ1) is 30.4. The van der Waals surface area contributed by atoms with Gasteiger partial charge in [0, 0.05) is 16.2 Å². The molecule has 2 aliphatic heterocycles. The lowest BCUT2D eigenvalue weighted by Crippen LogP contribution is -2.20. The molecule has 0 N–H and O–H groups in total. The second-order valence-corrected chi connectivity index (χ2v) is 15.3. The predicted octanol–water partition coefficient (Wildman–Crippen LogP) is 14.6. The van der Waals surface area contributed by atoms with E-state index in [9.17, 15) is 0 Å². The fourth-order valence-corrected chi connectivity index (χ4v) is 9.17. The molecule has 3 heterocycles. The SMILES string of the molecule is CC1(C)c2ccccc2-c2ccc(-c3ccc4c(c3)Oc3cc(-c5ccccc5)cc5c3N4c3ccc(-c4cccc6oc7ccccc7c46)cc3O5)cc21. The second-order valence-electron chi connectivity index (χ2n) is 15.3. The van der Waals surface area contributed by atoms with Gasteiger partial charge in [0.1, 0.15) is 16.9 Å². The Bertz CT molecular complexity index is 3080. The van der Waals surface area contributed by atoms with E-state index in [0.717, 1.165) is 89.8 Å². The summed E-state index contributed by atoms with van der Waals surface area (Å²) in [7, 11) is 0. The standard InChI is InChI=1S/C51H33NO3/c1-51(2)39-16-8-6-13-36(39)37-22-19-31(25-40(37)51)32-20-23-41-45(26-32)54-47-28-34(30-11-4-3-5-12-30)29-48-50(47)52(41)42-24-21-33(27-46(42)55-48)35-15-10-18-44-49(35)38-14-7-9-17-43(38)53-44/h3-29H,1-2H3. The van der Waals surface area contributed by atoms with E-state index in [1.54, 1.807) is 0 Å². The number of fused-ring (bicyclic) bond motifs is 10. The summed E-state index contributed by atoms with van der Waals surface area (Å²) in [6.45, 7) is 4.66. The first-order chi connectivity index (χ1) is 27.0. The van der Waals surface area contributed by atoms with Gasteiger partial charge in [0.25, 0.3) is 0 Å². The van der Waals surface area contributed by atoms with E-state index in [-0.39, 0.29) is 5.41 Å². The Hall–Kier alpha value is -7.04. The Balaban J connectivity index is 1.02. The van der Waals surface area contributed by atoms with Crippen molar-refractivity contribution in [2.45, 2.75) is 19.3 Å². The molecule has 9 aromatic rings. The molecule has 3 aliphatic rings. The third-order valence-electron chi connectivity index (χ3n) is 11.8. The molecule has 260 valence electrons. The van der Waals surface area contributed by atoms with Gasteiger partial charge in [-0.15, -0.1) is 0 Å². The van der Waals surface area contributed by atoms with Crippen LogP contribution in [-0.2, 0) is 5.41 Å². The number of ether oxygens (including phenoxy) is 2. The summed E-state index contributed by atoms with van der Waals surface area (Å²) >= 11 is 0. The molecule has 0 unspecified atom stereocenters. The molecule has 8 aromatic carbocycles. The van der Waals surface area contributed by atoms with Gasteiger partial charge >= 0.3 is 0 Å². The van der Waals surface area contributed by atoms with Crippen LogP contribution in [0.4, 0.5) is 17.1 Å². The average molecular weight is 708 g/mol. The summed E-state index contributed by atoms with van der Waals surface area (Å²) in [5.41, 5.74) is 16.4. The summed E-state index contributed by atoms with van der Waals surface area (Å²) in [6.07, 6.45) is 0. The van der Waals surface area contributed by atoms with Gasteiger partial charge in [-0.25, -0.2) is 0 Å². The highest BCUT2D eigenvalue weighted by atomic mass is 16.5. The van der Waals surface area contributed by atoms with Crippen molar-refractivity contribution < 1.29 is 13.9 Å². The molecular formula is C51H33NO3. The molecule has 0 saturated heterocycles. The maximum atomic E-state index is 6.89. The van der Waals surface area contributed by atoms with E-state index >= 15 is 0 Å². The third-order valence-corrected chi connectivity index (χ3v) is 11.8. The number of anilines is 3. The van der Waals surface area contributed by atoms with E-state index in [2.05, 4.69) is 158 Å². The molecule has 0 radical (unpaired) electrons. The molecule has 0 bridgehead atoms. The van der Waals surface area contributed by atoms with Gasteiger partial charge in [0.15, 0.2) is 23.0 Å². The first-order valence-electron chi connectivity index (χ1n) is 18.8. The molecular weight excluding hydrogens is 675 g/mol. The highest BCUT2D eigenvalue weighted by Crippen LogP contribution is 2.61. The van der Waals surface area contributed by atoms with Gasteiger partial charge in [-0.1, -0.05) is 123 Å². The second kappa shape index (κ2) is 11.0. The Morgan fingerprint density at radius 2 is 1.02 bits per heavy atom. The smallest absolute Gasteiger partial charge is 0.156 e. The van der Waals surface area contributed by atoms with Crippen molar-refractivity contribution in [1.29, 1.82) is 0 Å². The molecule has 4 nitrogen and oxygen atoms in total. The van der Waals surface area contributed by atoms with Crippen LogP contribution in [0.15, 0.2) is 168 Å². The summed E-state index contributed by atoms with van der Waals surface area (Å²) < 4.78 is 20.0. The number of benzene rings is 8. The van der Waals surface area contributed by atoms with Gasteiger partial charge in [-0.2, -0.15) is 0 Å². The summed E-state index contributed by atoms with van der Waals surface area (Å²) in [5.74, 6) is 3.10. The molecule has 0 saturated carbocycles. The van der Waals surface area contributed by atoms with E-state index in [0.29, 0.717) is 0 Å². The Labute approximate surface area is 318 Å². The van der Waals surface area contributed by atoms with Crippen molar-refractivity contribution in [3.05, 3.63) is 175 Å². The van der Waals surface area contributed by atoms with Crippen LogP contribution in [0.2, 0.25) is 0 Å². The van der Waals surface area contributed by atoms with Gasteiger partial charge < -0.3 is 13.9 Å². The van der Waals surface area contributed by atoms with Gasteiger partial charge in [0.2, 0.25) is 0 Å². The minimum Gasteiger partial charge on any atom is -0.456 e. The largest absolute Gasteiger partial charge is 0.456 e. The van der Waals surface area contributed by atoms with Crippen LogP contribution in [0.3, 0.4) is 0 Å². The molecule has 55 heavy (non-hydrogen) atoms. The van der Waals surface area contributed by atoms with E-state index < -0.39 is 0 Å². The van der Waals surface area contributed by atoms with Crippen molar-refractivity contribution in [3.8, 4) is 67.5 Å². The summed E-state index contributed by atoms with van der Waals surface area (Å²) in [6, 6.07) is 58.0. The van der Waals surface area contributed by atoms with E-state index in [1.165, 1.54) is 27.8 Å². The maximum Gasteiger partial charge on any atom is 0.156 e. The van der Waals surface area contributed by atoms with E-state index in [1.807, 2.05) is 24.3 Å². The van der Waals surface area contributed by atoms with E-state index in [4.69, 9.17) is 13.9 Å². The predicted molar refractivity (Wildman–Crippen MR) is 222 cm³/mol. The highest BCUT2D eigenvalue weighted by Gasteiger charge is 2.37. The molecule has 0 fully saturated rings. The number of furan rings is 1. The van der Waals surface area contributed by atoms with Crippen LogP contribution in [0.1, 0.15) is 25.0 Å². The number of hydrogen-bond donors (Lipinski definition) is 0. The Morgan fingerprint density at radius 1 is 0.418 bits per heavy atom. The zero-order valence-electron chi connectivity index (χ0n) is 30.3. The lowest BCUT2D eigenvalue weighted by molar-refractivity contribution is 0.446. The zero-order chi connectivity index (χ0) is 36.4. The number of para-hydroxylation sites is 1. The summed E-state index contributed by atoms with van der Waals surface area (Å²) in [4.78, 5) is 2.31. The van der Waals surface area contributed by atoms with Crippen LogP contribution < -0.4 is 14.4 Å². The van der Waals surface area contributed by atoms with Gasteiger partial charge in [0.05, 0.1) is 11.4 Å². The van der Waals surface area contributed by atoms with Crippen LogP contribution in [0.5, 0.6) is 23.0 Å². The van der Waals surface area contributed by atoms with Gasteiger partial charge in [-0.3, -0.25) is 4.90 Å². The Kier molecular flexibility index (Phi) is 6.09. The maximum absolute atomic E-state index is 6.89. The number of nitrogens with zero attached hydrogens (tertiary/aromatic N) is 1. The van der Waals surface area contributed by atoms with Crippen molar-refractivity contribution in [2.75, 3.05) is 4.90 Å². The first-order valence-corrected chi connectivity index (χ1v) is 18.8. The molecule has 4 heteroatoms. The van der Waals surface area contributed by atoms with Crippen LogP contribution >= 0.6 is 0 Å². The monoisotopic (exact) mass is 707 g/mol. The van der Waals surface area contributed by atoms with Crippen molar-refractivity contribution >= 4 is 39.0 Å². The minimum atomic E-state index is -0.0809. The van der Waals surface area contributed by atoms with Crippen molar-refractivity contribution in [3.63, 3.8) is 0 Å². The lowest BCUT2D eigenvalue weighted by Gasteiger charge is -2.38. The van der Waals surface area contributed by atoms with Crippen LogP contribution in [0, 0.1) is 0 Å². The van der Waals surface area contributed by atoms with Gasteiger partial charge in [-0.05, 0) is 110 Å². The van der Waals surface area contributed by atoms with Crippen LogP contribution in [-0.4, -0.2) is 0 Å². The molecule has 12 rings (SSSR count). The topological polar surface area (TPSA) is 34.8 Å². The summed E-state index contributed by atoms with van der Waals surface area (Å²) in [5, 5.41) is 2.20. The van der Waals surface area contributed by atoms with Crippen molar-refractivity contribution in [1.82, 2.24) is 0 Å². The fourth-order valence-electron chi connectivity index (χ4n) is 9.17. The Morgan fingerprint density at radius 3 is 1.84 bits per heavy atom. The number of rotatable bonds is 3. The molecule has 1 aromatic heterocycles. The highest BCUT2D eigenvalue weighted by molar-refractivity contribution is 6.12. The average Bonchev–Trinajstić information content (AvgIpc) is 3.72. The zero-order valence-corrected chi connectivity index (χ0v) is 30.3. The molecule has 0 atom stereocenters. The number of hydrogen-bond acceptors (Lipinski definition) is 4. The lowest BCUT2D eigenvalue weighted by atomic mass is 9.81.